The van der Waals surface area contributed by atoms with E-state index >= 15 is 0 Å². The van der Waals surface area contributed by atoms with Gasteiger partial charge in [0.25, 0.3) is 0 Å². The van der Waals surface area contributed by atoms with Gasteiger partial charge < -0.3 is 15.0 Å². The third kappa shape index (κ3) is 3.61. The first-order chi connectivity index (χ1) is 9.60. The number of carbonyl (C=O) groups excluding carboxylic acids is 1. The predicted molar refractivity (Wildman–Crippen MR) is 80.7 cm³/mol. The summed E-state index contributed by atoms with van der Waals surface area (Å²) < 4.78 is 5.11. The molecule has 4 heteroatoms. The molecule has 2 atom stereocenters. The zero-order chi connectivity index (χ0) is 14.5. The summed E-state index contributed by atoms with van der Waals surface area (Å²) in [5, 5.41) is 3.37. The monoisotopic (exact) mass is 274 g/mol. The Morgan fingerprint density at radius 2 is 2.05 bits per heavy atom. The highest BCUT2D eigenvalue weighted by Crippen LogP contribution is 2.13. The molecule has 20 heavy (non-hydrogen) atoms. The Kier molecular flexibility index (Phi) is 4.79. The minimum absolute atomic E-state index is 0.0710. The number of piperazine rings is 1. The van der Waals surface area contributed by atoms with E-state index in [4.69, 9.17) is 4.74 Å². The molecule has 2 rings (SSSR count). The zero-order valence-electron chi connectivity index (χ0n) is 12.3. The standard InChI is InChI=1S/C16H22N2O2/c1-12-11-18(13(2)10-17-12)16(19)9-6-14-4-7-15(20-3)8-5-14/h4-9,12-13,17H,10-11H2,1-3H3/b9-6+. The van der Waals surface area contributed by atoms with Crippen molar-refractivity contribution in [3.8, 4) is 5.75 Å². The average Bonchev–Trinajstić information content (AvgIpc) is 2.47. The Morgan fingerprint density at radius 1 is 1.35 bits per heavy atom. The van der Waals surface area contributed by atoms with E-state index in [2.05, 4.69) is 19.2 Å². The molecular weight excluding hydrogens is 252 g/mol. The third-order valence-corrected chi connectivity index (χ3v) is 3.58. The quantitative estimate of drug-likeness (QED) is 0.856. The van der Waals surface area contributed by atoms with Crippen LogP contribution < -0.4 is 10.1 Å². The minimum atomic E-state index is 0.0710. The van der Waals surface area contributed by atoms with Crippen molar-refractivity contribution in [3.05, 3.63) is 35.9 Å². The van der Waals surface area contributed by atoms with Crippen LogP contribution in [0.15, 0.2) is 30.3 Å². The lowest BCUT2D eigenvalue weighted by molar-refractivity contribution is -0.129. The molecule has 4 nitrogen and oxygen atoms in total. The maximum atomic E-state index is 12.2. The van der Waals surface area contributed by atoms with E-state index in [1.54, 1.807) is 13.2 Å². The van der Waals surface area contributed by atoms with Crippen LogP contribution in [0.2, 0.25) is 0 Å². The number of methoxy groups -OCH3 is 1. The van der Waals surface area contributed by atoms with Gasteiger partial charge in [0.2, 0.25) is 5.91 Å². The lowest BCUT2D eigenvalue weighted by Gasteiger charge is -2.36. The second-order valence-corrected chi connectivity index (χ2v) is 5.26. The highest BCUT2D eigenvalue weighted by molar-refractivity contribution is 5.92. The summed E-state index contributed by atoms with van der Waals surface area (Å²) in [6.45, 7) is 5.77. The summed E-state index contributed by atoms with van der Waals surface area (Å²) in [5.41, 5.74) is 0.995. The van der Waals surface area contributed by atoms with Gasteiger partial charge in [-0.15, -0.1) is 0 Å². The summed E-state index contributed by atoms with van der Waals surface area (Å²) in [6.07, 6.45) is 3.50. The van der Waals surface area contributed by atoms with E-state index in [0.29, 0.717) is 6.04 Å². The Morgan fingerprint density at radius 3 is 2.70 bits per heavy atom. The van der Waals surface area contributed by atoms with Gasteiger partial charge in [-0.05, 0) is 37.6 Å². The van der Waals surface area contributed by atoms with Crippen molar-refractivity contribution < 1.29 is 9.53 Å². The first kappa shape index (κ1) is 14.6. The van der Waals surface area contributed by atoms with Crippen molar-refractivity contribution in [1.29, 1.82) is 0 Å². The second kappa shape index (κ2) is 6.57. The zero-order valence-corrected chi connectivity index (χ0v) is 12.3. The van der Waals surface area contributed by atoms with E-state index in [1.807, 2.05) is 35.2 Å². The number of hydrogen-bond acceptors (Lipinski definition) is 3. The van der Waals surface area contributed by atoms with E-state index in [1.165, 1.54) is 0 Å². The third-order valence-electron chi connectivity index (χ3n) is 3.58. The van der Waals surface area contributed by atoms with E-state index in [9.17, 15) is 4.79 Å². The molecule has 0 aliphatic carbocycles. The van der Waals surface area contributed by atoms with Crippen molar-refractivity contribution in [2.45, 2.75) is 25.9 Å². The largest absolute Gasteiger partial charge is 0.497 e. The van der Waals surface area contributed by atoms with E-state index in [0.717, 1.165) is 24.4 Å². The number of nitrogens with zero attached hydrogens (tertiary/aromatic N) is 1. The van der Waals surface area contributed by atoms with Crippen LogP contribution in [0, 0.1) is 0 Å². The molecule has 0 aromatic heterocycles. The summed E-state index contributed by atoms with van der Waals surface area (Å²) in [5.74, 6) is 0.889. The number of benzene rings is 1. The van der Waals surface area contributed by atoms with Gasteiger partial charge in [-0.25, -0.2) is 0 Å². The molecule has 1 N–H and O–H groups in total. The van der Waals surface area contributed by atoms with Crippen LogP contribution >= 0.6 is 0 Å². The van der Waals surface area contributed by atoms with E-state index in [-0.39, 0.29) is 11.9 Å². The molecule has 0 bridgehead atoms. The van der Waals surface area contributed by atoms with Crippen molar-refractivity contribution in [1.82, 2.24) is 10.2 Å². The van der Waals surface area contributed by atoms with Gasteiger partial charge in [0.05, 0.1) is 7.11 Å². The van der Waals surface area contributed by atoms with Crippen LogP contribution in [-0.2, 0) is 4.79 Å². The average molecular weight is 274 g/mol. The molecule has 1 saturated heterocycles. The molecule has 1 heterocycles. The van der Waals surface area contributed by atoms with Crippen molar-refractivity contribution in [3.63, 3.8) is 0 Å². The molecule has 2 unspecified atom stereocenters. The predicted octanol–water partition coefficient (Wildman–Crippen LogP) is 1.92. The fourth-order valence-electron chi connectivity index (χ4n) is 2.31. The minimum Gasteiger partial charge on any atom is -0.497 e. The Bertz CT molecular complexity index is 482. The normalized spacial score (nSPS) is 23.1. The fourth-order valence-corrected chi connectivity index (χ4v) is 2.31. The number of nitrogens with one attached hydrogen (secondary N) is 1. The number of hydrogen-bond donors (Lipinski definition) is 1. The fraction of sp³-hybridized carbons (Fsp3) is 0.438. The van der Waals surface area contributed by atoms with Gasteiger partial charge in [-0.1, -0.05) is 12.1 Å². The van der Waals surface area contributed by atoms with Crippen LogP contribution in [0.1, 0.15) is 19.4 Å². The van der Waals surface area contributed by atoms with Crippen LogP contribution in [-0.4, -0.2) is 43.1 Å². The summed E-state index contributed by atoms with van der Waals surface area (Å²) in [4.78, 5) is 14.2. The second-order valence-electron chi connectivity index (χ2n) is 5.26. The first-order valence-corrected chi connectivity index (χ1v) is 6.96. The van der Waals surface area contributed by atoms with Crippen molar-refractivity contribution in [2.24, 2.45) is 0 Å². The molecular formula is C16H22N2O2. The molecule has 108 valence electrons. The summed E-state index contributed by atoms with van der Waals surface area (Å²) >= 11 is 0. The van der Waals surface area contributed by atoms with Gasteiger partial charge in [0.15, 0.2) is 0 Å². The molecule has 0 radical (unpaired) electrons. The van der Waals surface area contributed by atoms with Gasteiger partial charge >= 0.3 is 0 Å². The molecule has 1 aromatic rings. The molecule has 1 amide bonds. The maximum Gasteiger partial charge on any atom is 0.246 e. The van der Waals surface area contributed by atoms with Gasteiger partial charge in [0.1, 0.15) is 5.75 Å². The molecule has 1 fully saturated rings. The van der Waals surface area contributed by atoms with Crippen LogP contribution in [0.25, 0.3) is 6.08 Å². The van der Waals surface area contributed by atoms with Gasteiger partial charge in [0, 0.05) is 31.2 Å². The highest BCUT2D eigenvalue weighted by atomic mass is 16.5. The van der Waals surface area contributed by atoms with Crippen LogP contribution in [0.5, 0.6) is 5.75 Å². The lowest BCUT2D eigenvalue weighted by Crippen LogP contribution is -2.55. The smallest absolute Gasteiger partial charge is 0.246 e. The van der Waals surface area contributed by atoms with Crippen LogP contribution in [0.4, 0.5) is 0 Å². The van der Waals surface area contributed by atoms with Gasteiger partial charge in [-0.3, -0.25) is 4.79 Å². The Hall–Kier alpha value is -1.81. The molecule has 1 aliphatic rings. The van der Waals surface area contributed by atoms with E-state index < -0.39 is 0 Å². The number of ether oxygens (including phenoxy) is 1. The van der Waals surface area contributed by atoms with Gasteiger partial charge in [-0.2, -0.15) is 0 Å². The lowest BCUT2D eigenvalue weighted by atomic mass is 10.1. The number of rotatable bonds is 3. The topological polar surface area (TPSA) is 41.6 Å². The van der Waals surface area contributed by atoms with Crippen molar-refractivity contribution >= 4 is 12.0 Å². The highest BCUT2D eigenvalue weighted by Gasteiger charge is 2.24. The molecule has 1 aromatic carbocycles. The number of carbonyl (C=O) groups is 1. The van der Waals surface area contributed by atoms with Crippen molar-refractivity contribution in [2.75, 3.05) is 20.2 Å². The number of amides is 1. The molecule has 0 spiro atoms. The first-order valence-electron chi connectivity index (χ1n) is 6.96. The summed E-state index contributed by atoms with van der Waals surface area (Å²) in [7, 11) is 1.64. The molecule has 0 saturated carbocycles. The maximum absolute atomic E-state index is 12.2. The van der Waals surface area contributed by atoms with Crippen LogP contribution in [0.3, 0.4) is 0 Å². The Balaban J connectivity index is 2.00. The SMILES string of the molecule is COc1ccc(/C=C/C(=O)N2CC(C)NCC2C)cc1. The Labute approximate surface area is 120 Å². The molecule has 1 aliphatic heterocycles. The summed E-state index contributed by atoms with van der Waals surface area (Å²) in [6, 6.07) is 8.24.